The molecule has 0 unspecified atom stereocenters. The van der Waals surface area contributed by atoms with Crippen molar-refractivity contribution >= 4 is 15.7 Å². The van der Waals surface area contributed by atoms with Crippen molar-refractivity contribution in [1.29, 1.82) is 0 Å². The van der Waals surface area contributed by atoms with E-state index in [2.05, 4.69) is 4.72 Å². The fraction of sp³-hybridized carbons (Fsp3) is 0.400. The molecule has 1 rings (SSSR count). The third kappa shape index (κ3) is 3.47. The number of nitrogens with zero attached hydrogens (tertiary/aromatic N) is 1. The Bertz CT molecular complexity index is 557. The van der Waals surface area contributed by atoms with Crippen LogP contribution in [0.4, 0.5) is 10.1 Å². The molecule has 8 heteroatoms. The molecule has 100 valence electrons. The van der Waals surface area contributed by atoms with Crippen LogP contribution >= 0.6 is 0 Å². The second kappa shape index (κ2) is 5.40. The van der Waals surface area contributed by atoms with Gasteiger partial charge in [-0.25, -0.2) is 17.5 Å². The number of benzene rings is 1. The topological polar surface area (TPSA) is 89.3 Å². The van der Waals surface area contributed by atoms with E-state index in [1.54, 1.807) is 13.8 Å². The maximum absolute atomic E-state index is 13.5. The lowest BCUT2D eigenvalue weighted by Crippen LogP contribution is -2.28. The molecule has 0 atom stereocenters. The number of sulfonamides is 1. The predicted octanol–water partition coefficient (Wildman–Crippen LogP) is 1.67. The molecule has 0 aromatic heterocycles. The van der Waals surface area contributed by atoms with Crippen LogP contribution in [-0.2, 0) is 10.0 Å². The molecule has 18 heavy (non-hydrogen) atoms. The van der Waals surface area contributed by atoms with Gasteiger partial charge in [-0.05, 0) is 12.0 Å². The molecule has 1 aromatic carbocycles. The van der Waals surface area contributed by atoms with Crippen LogP contribution in [0.5, 0.6) is 0 Å². The van der Waals surface area contributed by atoms with Gasteiger partial charge in [0.1, 0.15) is 10.7 Å². The van der Waals surface area contributed by atoms with Gasteiger partial charge in [0.15, 0.2) is 0 Å². The van der Waals surface area contributed by atoms with Crippen LogP contribution in [0.25, 0.3) is 0 Å². The summed E-state index contributed by atoms with van der Waals surface area (Å²) >= 11 is 0. The van der Waals surface area contributed by atoms with E-state index in [9.17, 15) is 22.9 Å². The van der Waals surface area contributed by atoms with E-state index in [1.165, 1.54) is 0 Å². The van der Waals surface area contributed by atoms with Crippen molar-refractivity contribution in [2.24, 2.45) is 5.92 Å². The average Bonchev–Trinajstić information content (AvgIpc) is 2.26. The highest BCUT2D eigenvalue weighted by atomic mass is 32.2. The number of hydrogen-bond donors (Lipinski definition) is 1. The molecule has 0 aliphatic carbocycles. The molecular weight excluding hydrogens is 263 g/mol. The minimum atomic E-state index is -3.98. The Morgan fingerprint density at radius 1 is 1.44 bits per heavy atom. The molecule has 0 aliphatic rings. The largest absolute Gasteiger partial charge is 0.272 e. The normalized spacial score (nSPS) is 11.8. The van der Waals surface area contributed by atoms with Gasteiger partial charge in [0.05, 0.1) is 11.0 Å². The van der Waals surface area contributed by atoms with E-state index >= 15 is 0 Å². The predicted molar refractivity (Wildman–Crippen MR) is 63.1 cm³/mol. The lowest BCUT2D eigenvalue weighted by molar-refractivity contribution is -0.385. The summed E-state index contributed by atoms with van der Waals surface area (Å²) in [5, 5.41) is 10.4. The van der Waals surface area contributed by atoms with Gasteiger partial charge in [0.2, 0.25) is 10.0 Å². The van der Waals surface area contributed by atoms with Crippen LogP contribution in [-0.4, -0.2) is 19.9 Å². The molecule has 0 spiro atoms. The quantitative estimate of drug-likeness (QED) is 0.654. The van der Waals surface area contributed by atoms with Crippen molar-refractivity contribution in [3.05, 3.63) is 34.1 Å². The minimum absolute atomic E-state index is 0.0703. The molecule has 0 aliphatic heterocycles. The Morgan fingerprint density at radius 2 is 2.06 bits per heavy atom. The first kappa shape index (κ1) is 14.5. The monoisotopic (exact) mass is 276 g/mol. The fourth-order valence-electron chi connectivity index (χ4n) is 1.18. The van der Waals surface area contributed by atoms with E-state index in [-0.39, 0.29) is 12.5 Å². The Balaban J connectivity index is 3.06. The van der Waals surface area contributed by atoms with Crippen molar-refractivity contribution in [2.75, 3.05) is 6.54 Å². The first-order chi connectivity index (χ1) is 8.24. The number of non-ortho nitro benzene ring substituents is 1. The van der Waals surface area contributed by atoms with Crippen molar-refractivity contribution in [1.82, 2.24) is 4.72 Å². The average molecular weight is 276 g/mol. The van der Waals surface area contributed by atoms with Crippen molar-refractivity contribution in [2.45, 2.75) is 18.7 Å². The van der Waals surface area contributed by atoms with Gasteiger partial charge in [-0.3, -0.25) is 10.1 Å². The van der Waals surface area contributed by atoms with E-state index in [1.807, 2.05) is 0 Å². The highest BCUT2D eigenvalue weighted by molar-refractivity contribution is 7.89. The van der Waals surface area contributed by atoms with Crippen LogP contribution in [0.3, 0.4) is 0 Å². The SMILES string of the molecule is CC(C)CNS(=O)(=O)c1ccc([N+](=O)[O-])cc1F. The summed E-state index contributed by atoms with van der Waals surface area (Å²) in [6.45, 7) is 3.77. The van der Waals surface area contributed by atoms with Gasteiger partial charge in [0.25, 0.3) is 5.69 Å². The molecule has 0 amide bonds. The molecule has 0 heterocycles. The number of hydrogen-bond acceptors (Lipinski definition) is 4. The minimum Gasteiger partial charge on any atom is -0.258 e. The number of nitro benzene ring substituents is 1. The maximum Gasteiger partial charge on any atom is 0.272 e. The van der Waals surface area contributed by atoms with Crippen LogP contribution in [0.1, 0.15) is 13.8 Å². The summed E-state index contributed by atoms with van der Waals surface area (Å²) in [4.78, 5) is 9.02. The van der Waals surface area contributed by atoms with Crippen LogP contribution < -0.4 is 4.72 Å². The summed E-state index contributed by atoms with van der Waals surface area (Å²) < 4.78 is 39.2. The number of nitro groups is 1. The molecule has 6 nitrogen and oxygen atoms in total. The molecule has 1 aromatic rings. The van der Waals surface area contributed by atoms with E-state index < -0.39 is 31.3 Å². The highest BCUT2D eigenvalue weighted by Crippen LogP contribution is 2.20. The van der Waals surface area contributed by atoms with Crippen molar-refractivity contribution in [3.8, 4) is 0 Å². The first-order valence-electron chi connectivity index (χ1n) is 5.17. The molecular formula is C10H13FN2O4S. The Kier molecular flexibility index (Phi) is 4.36. The van der Waals surface area contributed by atoms with Gasteiger partial charge < -0.3 is 0 Å². The van der Waals surface area contributed by atoms with E-state index in [0.29, 0.717) is 6.07 Å². The maximum atomic E-state index is 13.5. The Morgan fingerprint density at radius 3 is 2.50 bits per heavy atom. The Hall–Kier alpha value is -1.54. The van der Waals surface area contributed by atoms with Gasteiger partial charge >= 0.3 is 0 Å². The summed E-state index contributed by atoms with van der Waals surface area (Å²) in [5.41, 5.74) is -0.490. The number of rotatable bonds is 5. The second-order valence-corrected chi connectivity index (χ2v) is 5.85. The zero-order valence-corrected chi connectivity index (χ0v) is 10.7. The van der Waals surface area contributed by atoms with Crippen LogP contribution in [0, 0.1) is 21.8 Å². The van der Waals surface area contributed by atoms with E-state index in [0.717, 1.165) is 12.1 Å². The van der Waals surface area contributed by atoms with Gasteiger partial charge in [-0.15, -0.1) is 0 Å². The Labute approximate surface area is 104 Å². The fourth-order valence-corrected chi connectivity index (χ4v) is 2.45. The molecule has 0 radical (unpaired) electrons. The zero-order chi connectivity index (χ0) is 13.9. The van der Waals surface area contributed by atoms with E-state index in [4.69, 9.17) is 0 Å². The third-order valence-electron chi connectivity index (χ3n) is 2.10. The van der Waals surface area contributed by atoms with Crippen molar-refractivity contribution in [3.63, 3.8) is 0 Å². The zero-order valence-electron chi connectivity index (χ0n) is 9.88. The summed E-state index contributed by atoms with van der Waals surface area (Å²) in [5.74, 6) is -1.07. The smallest absolute Gasteiger partial charge is 0.258 e. The number of halogens is 1. The molecule has 1 N–H and O–H groups in total. The molecule has 0 bridgehead atoms. The summed E-state index contributed by atoms with van der Waals surface area (Å²) in [6, 6.07) is 2.42. The van der Waals surface area contributed by atoms with Crippen LogP contribution in [0.2, 0.25) is 0 Å². The standard InChI is InChI=1S/C10H13FN2O4S/c1-7(2)6-12-18(16,17)10-4-3-8(13(14)15)5-9(10)11/h3-5,7,12H,6H2,1-2H3. The highest BCUT2D eigenvalue weighted by Gasteiger charge is 2.21. The molecule has 0 fully saturated rings. The molecule has 0 saturated heterocycles. The lowest BCUT2D eigenvalue weighted by Gasteiger charge is -2.09. The number of nitrogens with one attached hydrogen (secondary N) is 1. The summed E-state index contributed by atoms with van der Waals surface area (Å²) in [7, 11) is -3.98. The van der Waals surface area contributed by atoms with Gasteiger partial charge in [-0.1, -0.05) is 13.8 Å². The first-order valence-corrected chi connectivity index (χ1v) is 6.66. The summed E-state index contributed by atoms with van der Waals surface area (Å²) in [6.07, 6.45) is 0. The van der Waals surface area contributed by atoms with Gasteiger partial charge in [-0.2, -0.15) is 0 Å². The lowest BCUT2D eigenvalue weighted by atomic mass is 10.2. The van der Waals surface area contributed by atoms with Gasteiger partial charge in [0, 0.05) is 12.6 Å². The third-order valence-corrected chi connectivity index (χ3v) is 3.55. The second-order valence-electron chi connectivity index (χ2n) is 4.12. The van der Waals surface area contributed by atoms with Crippen molar-refractivity contribution < 1.29 is 17.7 Å². The van der Waals surface area contributed by atoms with Crippen LogP contribution in [0.15, 0.2) is 23.1 Å². The molecule has 0 saturated carbocycles.